The zero-order valence-corrected chi connectivity index (χ0v) is 11.6. The van der Waals surface area contributed by atoms with Crippen LogP contribution in [0.1, 0.15) is 56.7 Å². The van der Waals surface area contributed by atoms with Gasteiger partial charge in [0.25, 0.3) is 0 Å². The van der Waals surface area contributed by atoms with Crippen LogP contribution in [-0.2, 0) is 11.3 Å². The number of carbonyl (C=O) groups is 1. The molecule has 0 atom stereocenters. The summed E-state index contributed by atoms with van der Waals surface area (Å²) in [5.41, 5.74) is 0.715. The molecule has 4 heteroatoms. The molecule has 17 heavy (non-hydrogen) atoms. The van der Waals surface area contributed by atoms with E-state index in [0.717, 1.165) is 12.1 Å². The summed E-state index contributed by atoms with van der Waals surface area (Å²) in [7, 11) is 0. The minimum absolute atomic E-state index is 0.112. The first kappa shape index (κ1) is 12.6. The summed E-state index contributed by atoms with van der Waals surface area (Å²) in [4.78, 5) is 16.4. The number of hydrogen-bond donors (Lipinski definition) is 1. The Bertz CT molecular complexity index is 407. The van der Waals surface area contributed by atoms with Gasteiger partial charge in [0, 0.05) is 16.7 Å². The number of rotatable bonds is 5. The Labute approximate surface area is 107 Å². The second-order valence-electron chi connectivity index (χ2n) is 5.37. The van der Waals surface area contributed by atoms with E-state index < -0.39 is 0 Å². The standard InChI is InChI=1S/C13H20N2OS/c1-4-13(2,3)12(16)14-7-10-8-17-11(15-10)9-5-6-9/h8-9H,4-7H2,1-3H3,(H,14,16). The van der Waals surface area contributed by atoms with Crippen LogP contribution in [0.5, 0.6) is 0 Å². The van der Waals surface area contributed by atoms with Gasteiger partial charge in [-0.05, 0) is 19.3 Å². The molecule has 0 radical (unpaired) electrons. The fraction of sp³-hybridized carbons (Fsp3) is 0.692. The first-order chi connectivity index (χ1) is 8.03. The lowest BCUT2D eigenvalue weighted by Crippen LogP contribution is -2.36. The van der Waals surface area contributed by atoms with E-state index in [2.05, 4.69) is 15.7 Å². The van der Waals surface area contributed by atoms with Crippen LogP contribution >= 0.6 is 11.3 Å². The highest BCUT2D eigenvalue weighted by molar-refractivity contribution is 7.09. The van der Waals surface area contributed by atoms with Gasteiger partial charge in [0.1, 0.15) is 0 Å². The van der Waals surface area contributed by atoms with Gasteiger partial charge in [-0.2, -0.15) is 0 Å². The third-order valence-electron chi connectivity index (χ3n) is 3.42. The maximum Gasteiger partial charge on any atom is 0.225 e. The normalized spacial score (nSPS) is 15.9. The summed E-state index contributed by atoms with van der Waals surface area (Å²) in [6.07, 6.45) is 3.41. The van der Waals surface area contributed by atoms with Gasteiger partial charge in [-0.15, -0.1) is 11.3 Å². The maximum absolute atomic E-state index is 11.9. The molecule has 1 fully saturated rings. The first-order valence-corrected chi connectivity index (χ1v) is 7.13. The van der Waals surface area contributed by atoms with Crippen molar-refractivity contribution in [1.82, 2.24) is 10.3 Å². The van der Waals surface area contributed by atoms with Crippen LogP contribution in [0.4, 0.5) is 0 Å². The molecule has 1 N–H and O–H groups in total. The van der Waals surface area contributed by atoms with Crippen LogP contribution in [0.3, 0.4) is 0 Å². The van der Waals surface area contributed by atoms with Crippen molar-refractivity contribution in [2.75, 3.05) is 0 Å². The molecule has 1 heterocycles. The van der Waals surface area contributed by atoms with Gasteiger partial charge in [0.2, 0.25) is 5.91 Å². The number of carbonyl (C=O) groups excluding carboxylic acids is 1. The highest BCUT2D eigenvalue weighted by Gasteiger charge is 2.27. The predicted octanol–water partition coefficient (Wildman–Crippen LogP) is 3.07. The van der Waals surface area contributed by atoms with Crippen LogP contribution in [-0.4, -0.2) is 10.9 Å². The topological polar surface area (TPSA) is 42.0 Å². The predicted molar refractivity (Wildman–Crippen MR) is 70.0 cm³/mol. The molecule has 3 nitrogen and oxygen atoms in total. The number of amides is 1. The Balaban J connectivity index is 1.86. The van der Waals surface area contributed by atoms with Crippen molar-refractivity contribution < 1.29 is 4.79 Å². The Hall–Kier alpha value is -0.900. The lowest BCUT2D eigenvalue weighted by molar-refractivity contribution is -0.129. The van der Waals surface area contributed by atoms with E-state index in [-0.39, 0.29) is 11.3 Å². The van der Waals surface area contributed by atoms with Crippen molar-refractivity contribution in [3.8, 4) is 0 Å². The molecular weight excluding hydrogens is 232 g/mol. The highest BCUT2D eigenvalue weighted by Crippen LogP contribution is 2.41. The van der Waals surface area contributed by atoms with Crippen molar-refractivity contribution in [3.05, 3.63) is 16.1 Å². The smallest absolute Gasteiger partial charge is 0.225 e. The van der Waals surface area contributed by atoms with Gasteiger partial charge in [-0.25, -0.2) is 4.98 Å². The summed E-state index contributed by atoms with van der Waals surface area (Å²) in [6.45, 7) is 6.54. The fourth-order valence-electron chi connectivity index (χ4n) is 1.49. The highest BCUT2D eigenvalue weighted by atomic mass is 32.1. The van der Waals surface area contributed by atoms with Crippen LogP contribution in [0.2, 0.25) is 0 Å². The summed E-state index contributed by atoms with van der Waals surface area (Å²) in [5, 5.41) is 6.27. The molecule has 1 aliphatic rings. The fourth-order valence-corrected chi connectivity index (χ4v) is 2.48. The molecule has 94 valence electrons. The molecule has 1 aliphatic carbocycles. The number of thiazole rings is 1. The zero-order chi connectivity index (χ0) is 12.5. The molecule has 0 aliphatic heterocycles. The van der Waals surface area contributed by atoms with Gasteiger partial charge in [-0.1, -0.05) is 20.8 Å². The third kappa shape index (κ3) is 3.06. The lowest BCUT2D eigenvalue weighted by Gasteiger charge is -2.20. The second-order valence-corrected chi connectivity index (χ2v) is 6.26. The van der Waals surface area contributed by atoms with Gasteiger partial charge >= 0.3 is 0 Å². The Morgan fingerprint density at radius 3 is 2.88 bits per heavy atom. The van der Waals surface area contributed by atoms with E-state index in [1.54, 1.807) is 11.3 Å². The summed E-state index contributed by atoms with van der Waals surface area (Å²) in [5.74, 6) is 0.817. The van der Waals surface area contributed by atoms with Crippen molar-refractivity contribution in [2.45, 2.75) is 52.5 Å². The minimum Gasteiger partial charge on any atom is -0.350 e. The van der Waals surface area contributed by atoms with Gasteiger partial charge in [0.05, 0.1) is 17.2 Å². The Kier molecular flexibility index (Phi) is 3.52. The third-order valence-corrected chi connectivity index (χ3v) is 4.48. The van der Waals surface area contributed by atoms with Crippen LogP contribution in [0.25, 0.3) is 0 Å². The number of nitrogens with one attached hydrogen (secondary N) is 1. The molecule has 1 amide bonds. The molecule has 1 aromatic heterocycles. The molecule has 1 saturated carbocycles. The van der Waals surface area contributed by atoms with Crippen molar-refractivity contribution in [2.24, 2.45) is 5.41 Å². The van der Waals surface area contributed by atoms with E-state index in [0.29, 0.717) is 12.5 Å². The Morgan fingerprint density at radius 2 is 2.29 bits per heavy atom. The molecule has 2 rings (SSSR count). The summed E-state index contributed by atoms with van der Waals surface area (Å²) >= 11 is 1.72. The first-order valence-electron chi connectivity index (χ1n) is 6.25. The summed E-state index contributed by atoms with van der Waals surface area (Å²) in [6, 6.07) is 0. The number of nitrogens with zero attached hydrogens (tertiary/aromatic N) is 1. The average Bonchev–Trinajstić information content (AvgIpc) is 3.06. The van der Waals surface area contributed by atoms with Crippen LogP contribution in [0, 0.1) is 5.41 Å². The maximum atomic E-state index is 11.9. The molecule has 0 bridgehead atoms. The van der Waals surface area contributed by atoms with E-state index in [4.69, 9.17) is 0 Å². The van der Waals surface area contributed by atoms with Gasteiger partial charge in [-0.3, -0.25) is 4.79 Å². The largest absolute Gasteiger partial charge is 0.350 e. The van der Waals surface area contributed by atoms with E-state index in [1.165, 1.54) is 17.8 Å². The molecule has 0 unspecified atom stereocenters. The van der Waals surface area contributed by atoms with E-state index >= 15 is 0 Å². The monoisotopic (exact) mass is 252 g/mol. The summed E-state index contributed by atoms with van der Waals surface area (Å²) < 4.78 is 0. The molecule has 0 saturated heterocycles. The SMILES string of the molecule is CCC(C)(C)C(=O)NCc1csc(C2CC2)n1. The Morgan fingerprint density at radius 1 is 1.59 bits per heavy atom. The molecular formula is C13H20N2OS. The van der Waals surface area contributed by atoms with Crippen molar-refractivity contribution in [1.29, 1.82) is 0 Å². The lowest BCUT2D eigenvalue weighted by atomic mass is 9.89. The van der Waals surface area contributed by atoms with Crippen molar-refractivity contribution in [3.63, 3.8) is 0 Å². The van der Waals surface area contributed by atoms with Crippen LogP contribution < -0.4 is 5.32 Å². The van der Waals surface area contributed by atoms with Gasteiger partial charge < -0.3 is 5.32 Å². The van der Waals surface area contributed by atoms with Crippen LogP contribution in [0.15, 0.2) is 5.38 Å². The number of aromatic nitrogens is 1. The molecule has 0 aromatic carbocycles. The van der Waals surface area contributed by atoms with E-state index in [9.17, 15) is 4.79 Å². The molecule has 1 aromatic rings. The van der Waals surface area contributed by atoms with Gasteiger partial charge in [0.15, 0.2) is 0 Å². The zero-order valence-electron chi connectivity index (χ0n) is 10.7. The minimum atomic E-state index is -0.282. The second kappa shape index (κ2) is 4.77. The van der Waals surface area contributed by atoms with Crippen molar-refractivity contribution >= 4 is 17.2 Å². The number of hydrogen-bond acceptors (Lipinski definition) is 3. The van der Waals surface area contributed by atoms with E-state index in [1.807, 2.05) is 20.8 Å². The molecule has 0 spiro atoms. The quantitative estimate of drug-likeness (QED) is 0.875. The average molecular weight is 252 g/mol.